The molecule has 3 nitrogen and oxygen atoms in total. The van der Waals surface area contributed by atoms with E-state index in [1.807, 2.05) is 6.92 Å². The van der Waals surface area contributed by atoms with Crippen LogP contribution in [0.2, 0.25) is 0 Å². The molecule has 0 unspecified atom stereocenters. The van der Waals surface area contributed by atoms with E-state index in [2.05, 4.69) is 19.9 Å². The van der Waals surface area contributed by atoms with Gasteiger partial charge in [-0.3, -0.25) is 4.79 Å². The number of benzene rings is 1. The van der Waals surface area contributed by atoms with Crippen molar-refractivity contribution in [2.75, 3.05) is 13.2 Å². The molecule has 0 atom stereocenters. The molecule has 0 saturated carbocycles. The van der Waals surface area contributed by atoms with Crippen molar-refractivity contribution in [2.45, 2.75) is 52.9 Å². The number of rotatable bonds is 11. The van der Waals surface area contributed by atoms with Crippen molar-refractivity contribution < 1.29 is 14.3 Å². The normalized spacial score (nSPS) is 11.3. The molecule has 22 heavy (non-hydrogen) atoms. The van der Waals surface area contributed by atoms with Crippen LogP contribution in [-0.4, -0.2) is 19.5 Å². The van der Waals surface area contributed by atoms with E-state index in [4.69, 9.17) is 9.47 Å². The molecule has 0 amide bonds. The van der Waals surface area contributed by atoms with Gasteiger partial charge in [0.25, 0.3) is 0 Å². The summed E-state index contributed by atoms with van der Waals surface area (Å²) in [5.74, 6) is 1.33. The summed E-state index contributed by atoms with van der Waals surface area (Å²) in [6, 6.07) is 5.26. The average Bonchev–Trinajstić information content (AvgIpc) is 2.53. The van der Waals surface area contributed by atoms with E-state index in [0.717, 1.165) is 12.7 Å². The van der Waals surface area contributed by atoms with Crippen molar-refractivity contribution in [1.29, 1.82) is 0 Å². The van der Waals surface area contributed by atoms with Gasteiger partial charge in [0.05, 0.1) is 13.2 Å². The lowest BCUT2D eigenvalue weighted by molar-refractivity contribution is 0.112. The lowest BCUT2D eigenvalue weighted by Gasteiger charge is -2.11. The van der Waals surface area contributed by atoms with Crippen molar-refractivity contribution in [3.8, 4) is 11.5 Å². The Kier molecular flexibility index (Phi) is 9.04. The number of aldehydes is 1. The highest BCUT2D eigenvalue weighted by atomic mass is 16.5. The summed E-state index contributed by atoms with van der Waals surface area (Å²) in [7, 11) is 0. The first kappa shape index (κ1) is 18.3. The van der Waals surface area contributed by atoms with Crippen LogP contribution >= 0.6 is 0 Å². The average molecular weight is 304 g/mol. The van der Waals surface area contributed by atoms with Gasteiger partial charge in [0, 0.05) is 5.56 Å². The topological polar surface area (TPSA) is 35.5 Å². The molecular weight excluding hydrogens is 276 g/mol. The fourth-order valence-electron chi connectivity index (χ4n) is 2.22. The van der Waals surface area contributed by atoms with Gasteiger partial charge >= 0.3 is 0 Å². The van der Waals surface area contributed by atoms with E-state index in [1.165, 1.54) is 31.3 Å². The first-order chi connectivity index (χ1) is 10.7. The summed E-state index contributed by atoms with van der Waals surface area (Å²) in [4.78, 5) is 10.8. The number of carbonyl (C=O) groups is 1. The molecule has 0 bridgehead atoms. The van der Waals surface area contributed by atoms with Gasteiger partial charge in [-0.05, 0) is 51.3 Å². The molecule has 1 rings (SSSR count). The van der Waals surface area contributed by atoms with Crippen LogP contribution in [0.25, 0.3) is 0 Å². The van der Waals surface area contributed by atoms with Crippen LogP contribution < -0.4 is 9.47 Å². The van der Waals surface area contributed by atoms with Crippen LogP contribution in [0.3, 0.4) is 0 Å². The van der Waals surface area contributed by atoms with Crippen LogP contribution in [0.1, 0.15) is 63.2 Å². The summed E-state index contributed by atoms with van der Waals surface area (Å²) in [6.45, 7) is 7.49. The van der Waals surface area contributed by atoms with Gasteiger partial charge in [0.2, 0.25) is 0 Å². The van der Waals surface area contributed by atoms with Gasteiger partial charge < -0.3 is 9.47 Å². The number of allylic oxidation sites excluding steroid dienone is 1. The van der Waals surface area contributed by atoms with Crippen molar-refractivity contribution >= 4 is 6.29 Å². The number of carbonyl (C=O) groups excluding carboxylic acids is 1. The number of ether oxygens (including phenoxy) is 2. The Bertz CT molecular complexity index is 478. The lowest BCUT2D eigenvalue weighted by atomic mass is 10.1. The minimum Gasteiger partial charge on any atom is -0.490 e. The van der Waals surface area contributed by atoms with Gasteiger partial charge in [-0.1, -0.05) is 31.4 Å². The molecule has 1 aromatic rings. The van der Waals surface area contributed by atoms with Crippen LogP contribution in [0, 0.1) is 0 Å². The van der Waals surface area contributed by atoms with Crippen molar-refractivity contribution in [3.05, 3.63) is 35.4 Å². The molecule has 0 heterocycles. The molecule has 0 aliphatic heterocycles. The molecule has 0 N–H and O–H groups in total. The smallest absolute Gasteiger partial charge is 0.161 e. The van der Waals surface area contributed by atoms with E-state index >= 15 is 0 Å². The summed E-state index contributed by atoms with van der Waals surface area (Å²) in [5.41, 5.74) is 2.03. The predicted octanol–water partition coefficient (Wildman–Crippen LogP) is 5.19. The standard InChI is InChI=1S/C19H28O3/c1-4-6-7-9-16(3)10-8-13-22-18-12-11-17(15-20)14-19(18)21-5-2/h10-12,14-15H,4-9,13H2,1-3H3. The van der Waals surface area contributed by atoms with Crippen LogP contribution in [0.15, 0.2) is 29.8 Å². The number of hydrogen-bond donors (Lipinski definition) is 0. The molecule has 0 saturated heterocycles. The quantitative estimate of drug-likeness (QED) is 0.320. The summed E-state index contributed by atoms with van der Waals surface area (Å²) < 4.78 is 11.3. The minimum absolute atomic E-state index is 0.551. The van der Waals surface area contributed by atoms with Gasteiger partial charge in [-0.25, -0.2) is 0 Å². The largest absolute Gasteiger partial charge is 0.490 e. The third kappa shape index (κ3) is 6.79. The SMILES string of the molecule is CCCCCC(C)=CCCOc1ccc(C=O)cc1OCC. The second-order valence-electron chi connectivity index (χ2n) is 5.40. The zero-order valence-corrected chi connectivity index (χ0v) is 14.1. The van der Waals surface area contributed by atoms with Crippen LogP contribution in [0.4, 0.5) is 0 Å². The Morgan fingerprint density at radius 2 is 1.95 bits per heavy atom. The second-order valence-corrected chi connectivity index (χ2v) is 5.40. The third-order valence-corrected chi connectivity index (χ3v) is 3.45. The van der Waals surface area contributed by atoms with E-state index in [0.29, 0.717) is 30.3 Å². The first-order valence-corrected chi connectivity index (χ1v) is 8.21. The fourth-order valence-corrected chi connectivity index (χ4v) is 2.22. The second kappa shape index (κ2) is 10.9. The molecule has 0 spiro atoms. The summed E-state index contributed by atoms with van der Waals surface area (Å²) >= 11 is 0. The van der Waals surface area contributed by atoms with Crippen molar-refractivity contribution in [2.24, 2.45) is 0 Å². The van der Waals surface area contributed by atoms with Crippen LogP contribution in [-0.2, 0) is 0 Å². The molecule has 122 valence electrons. The maximum Gasteiger partial charge on any atom is 0.161 e. The van der Waals surface area contributed by atoms with Gasteiger partial charge in [-0.15, -0.1) is 0 Å². The molecule has 3 heteroatoms. The van der Waals surface area contributed by atoms with Crippen molar-refractivity contribution in [1.82, 2.24) is 0 Å². The fraction of sp³-hybridized carbons (Fsp3) is 0.526. The van der Waals surface area contributed by atoms with Gasteiger partial charge in [0.1, 0.15) is 6.29 Å². The predicted molar refractivity (Wildman–Crippen MR) is 91.0 cm³/mol. The van der Waals surface area contributed by atoms with Crippen molar-refractivity contribution in [3.63, 3.8) is 0 Å². The highest BCUT2D eigenvalue weighted by molar-refractivity contribution is 5.76. The Balaban J connectivity index is 2.47. The summed E-state index contributed by atoms with van der Waals surface area (Å²) in [5, 5.41) is 0. The third-order valence-electron chi connectivity index (χ3n) is 3.45. The maximum atomic E-state index is 10.8. The molecule has 0 radical (unpaired) electrons. The highest BCUT2D eigenvalue weighted by Crippen LogP contribution is 2.28. The van der Waals surface area contributed by atoms with Gasteiger partial charge in [0.15, 0.2) is 11.5 Å². The molecule has 0 aromatic heterocycles. The Morgan fingerprint density at radius 3 is 2.64 bits per heavy atom. The molecule has 0 fully saturated rings. The molecule has 0 aliphatic rings. The first-order valence-electron chi connectivity index (χ1n) is 8.21. The molecule has 1 aromatic carbocycles. The number of hydrogen-bond acceptors (Lipinski definition) is 3. The van der Waals surface area contributed by atoms with E-state index in [1.54, 1.807) is 18.2 Å². The monoisotopic (exact) mass is 304 g/mol. The van der Waals surface area contributed by atoms with Gasteiger partial charge in [-0.2, -0.15) is 0 Å². The zero-order chi connectivity index (χ0) is 16.2. The number of unbranched alkanes of at least 4 members (excludes halogenated alkanes) is 2. The Labute approximate surface area is 134 Å². The molecular formula is C19H28O3. The minimum atomic E-state index is 0.551. The molecule has 0 aliphatic carbocycles. The van der Waals surface area contributed by atoms with E-state index in [9.17, 15) is 4.79 Å². The van der Waals surface area contributed by atoms with E-state index < -0.39 is 0 Å². The zero-order valence-electron chi connectivity index (χ0n) is 14.1. The lowest BCUT2D eigenvalue weighted by Crippen LogP contribution is -2.01. The van der Waals surface area contributed by atoms with Crippen LogP contribution in [0.5, 0.6) is 11.5 Å². The van der Waals surface area contributed by atoms with E-state index in [-0.39, 0.29) is 0 Å². The Hall–Kier alpha value is -1.77. The summed E-state index contributed by atoms with van der Waals surface area (Å²) in [6.07, 6.45) is 8.94. The highest BCUT2D eigenvalue weighted by Gasteiger charge is 2.06. The maximum absolute atomic E-state index is 10.8. The Morgan fingerprint density at radius 1 is 1.14 bits per heavy atom.